The number of aromatic nitrogens is 2. The summed E-state index contributed by atoms with van der Waals surface area (Å²) in [6.07, 6.45) is 0.588. The number of anilines is 1. The molecule has 13 heavy (non-hydrogen) atoms. The first kappa shape index (κ1) is 9.69. The molecule has 1 atom stereocenters. The summed E-state index contributed by atoms with van der Waals surface area (Å²) in [4.78, 5) is 10.7. The van der Waals surface area contributed by atoms with Crippen LogP contribution in [0.3, 0.4) is 0 Å². The molecule has 6 heteroatoms. The molecule has 0 saturated carbocycles. The topological polar surface area (TPSA) is 98.2 Å². The largest absolute Gasteiger partial charge is 0.394 e. The van der Waals surface area contributed by atoms with Crippen LogP contribution in [0.1, 0.15) is 0 Å². The van der Waals surface area contributed by atoms with Gasteiger partial charge in [-0.3, -0.25) is 4.79 Å². The van der Waals surface area contributed by atoms with Gasteiger partial charge in [-0.15, -0.1) is 0 Å². The van der Waals surface area contributed by atoms with E-state index in [1.807, 2.05) is 0 Å². The van der Waals surface area contributed by atoms with Crippen LogP contribution in [0.2, 0.25) is 0 Å². The Bertz CT molecular complexity index is 312. The normalized spacial score (nSPS) is 12.5. The Morgan fingerprint density at radius 1 is 1.69 bits per heavy atom. The lowest BCUT2D eigenvalue weighted by Gasteiger charge is -2.08. The van der Waals surface area contributed by atoms with Crippen molar-refractivity contribution < 1.29 is 10.2 Å². The van der Waals surface area contributed by atoms with Gasteiger partial charge in [0.1, 0.15) is 0 Å². The first-order chi connectivity index (χ1) is 6.22. The maximum absolute atomic E-state index is 10.7. The monoisotopic (exact) mass is 185 g/mol. The fraction of sp³-hybridized carbons (Fsp3) is 0.429. The molecule has 0 fully saturated rings. The molecule has 4 N–H and O–H groups in total. The number of rotatable bonds is 4. The Hall–Kier alpha value is -1.40. The Kier molecular flexibility index (Phi) is 3.41. The van der Waals surface area contributed by atoms with Crippen LogP contribution in [0, 0.1) is 0 Å². The average Bonchev–Trinajstić information content (AvgIpc) is 2.14. The lowest BCUT2D eigenvalue weighted by molar-refractivity contribution is 0.105. The number of nitrogens with one attached hydrogen (secondary N) is 2. The van der Waals surface area contributed by atoms with Crippen LogP contribution in [0.15, 0.2) is 17.1 Å². The molecule has 0 aliphatic heterocycles. The number of aliphatic hydroxyl groups excluding tert-OH is 2. The number of nitrogens with zero attached hydrogens (tertiary/aromatic N) is 1. The molecule has 1 rings (SSSR count). The van der Waals surface area contributed by atoms with Crippen molar-refractivity contribution >= 4 is 5.69 Å². The van der Waals surface area contributed by atoms with Gasteiger partial charge in [0.25, 0.3) is 5.56 Å². The maximum Gasteiger partial charge on any atom is 0.266 e. The van der Waals surface area contributed by atoms with Crippen molar-refractivity contribution in [3.8, 4) is 0 Å². The third kappa shape index (κ3) is 3.22. The van der Waals surface area contributed by atoms with Gasteiger partial charge in [-0.05, 0) is 0 Å². The third-order valence-corrected chi connectivity index (χ3v) is 1.42. The zero-order chi connectivity index (χ0) is 9.68. The van der Waals surface area contributed by atoms with Crippen molar-refractivity contribution in [2.24, 2.45) is 0 Å². The zero-order valence-corrected chi connectivity index (χ0v) is 6.90. The standard InChI is InChI=1S/C7H11N3O3/c11-4-6(12)3-8-5-1-7(13)10-9-2-5/h1-2,6,11-12H,3-4H2,(H2,8,10,13). The summed E-state index contributed by atoms with van der Waals surface area (Å²) in [5.41, 5.74) is 0.194. The molecule has 0 saturated heterocycles. The zero-order valence-electron chi connectivity index (χ0n) is 6.90. The highest BCUT2D eigenvalue weighted by Crippen LogP contribution is 1.97. The maximum atomic E-state index is 10.7. The molecule has 1 heterocycles. The highest BCUT2D eigenvalue weighted by Gasteiger charge is 2.01. The van der Waals surface area contributed by atoms with Gasteiger partial charge < -0.3 is 15.5 Å². The fourth-order valence-corrected chi connectivity index (χ4v) is 0.773. The number of aromatic amines is 1. The molecule has 0 radical (unpaired) electrons. The van der Waals surface area contributed by atoms with E-state index < -0.39 is 6.10 Å². The quantitative estimate of drug-likeness (QED) is 0.459. The molecular formula is C7H11N3O3. The predicted octanol–water partition coefficient (Wildman–Crippen LogP) is -1.47. The van der Waals surface area contributed by atoms with E-state index in [0.29, 0.717) is 5.69 Å². The summed E-state index contributed by atoms with van der Waals surface area (Å²) < 4.78 is 0. The number of aliphatic hydroxyl groups is 2. The van der Waals surface area contributed by atoms with Gasteiger partial charge in [-0.2, -0.15) is 5.10 Å². The Labute approximate surface area is 74.2 Å². The second-order valence-electron chi connectivity index (χ2n) is 2.55. The van der Waals surface area contributed by atoms with Crippen LogP contribution in [-0.4, -0.2) is 39.7 Å². The van der Waals surface area contributed by atoms with Crippen molar-refractivity contribution in [1.29, 1.82) is 0 Å². The Balaban J connectivity index is 2.50. The summed E-state index contributed by atoms with van der Waals surface area (Å²) in [6.45, 7) is -0.134. The van der Waals surface area contributed by atoms with Gasteiger partial charge in [-0.25, -0.2) is 5.10 Å². The molecule has 0 spiro atoms. The van der Waals surface area contributed by atoms with Crippen molar-refractivity contribution in [2.75, 3.05) is 18.5 Å². The van der Waals surface area contributed by atoms with Gasteiger partial charge in [-0.1, -0.05) is 0 Å². The number of hydrogen-bond acceptors (Lipinski definition) is 5. The molecule has 0 aliphatic carbocycles. The lowest BCUT2D eigenvalue weighted by atomic mass is 10.3. The van der Waals surface area contributed by atoms with Crippen LogP contribution in [0.5, 0.6) is 0 Å². The molecule has 1 aromatic rings. The summed E-state index contributed by atoms with van der Waals surface area (Å²) in [5.74, 6) is 0. The van der Waals surface area contributed by atoms with E-state index in [-0.39, 0.29) is 18.7 Å². The van der Waals surface area contributed by atoms with Crippen LogP contribution in [0.4, 0.5) is 5.69 Å². The second kappa shape index (κ2) is 4.58. The van der Waals surface area contributed by atoms with Gasteiger partial charge in [0.05, 0.1) is 24.6 Å². The summed E-state index contributed by atoms with van der Waals surface area (Å²) in [6, 6.07) is 1.32. The summed E-state index contributed by atoms with van der Waals surface area (Å²) >= 11 is 0. The molecular weight excluding hydrogens is 174 g/mol. The third-order valence-electron chi connectivity index (χ3n) is 1.42. The van der Waals surface area contributed by atoms with E-state index in [1.54, 1.807) is 0 Å². The van der Waals surface area contributed by atoms with E-state index in [0.717, 1.165) is 0 Å². The predicted molar refractivity (Wildman–Crippen MR) is 46.4 cm³/mol. The lowest BCUT2D eigenvalue weighted by Crippen LogP contribution is -2.23. The molecule has 0 bridgehead atoms. The van der Waals surface area contributed by atoms with Crippen molar-refractivity contribution in [2.45, 2.75) is 6.10 Å². The van der Waals surface area contributed by atoms with Crippen molar-refractivity contribution in [3.63, 3.8) is 0 Å². The second-order valence-corrected chi connectivity index (χ2v) is 2.55. The Morgan fingerprint density at radius 2 is 2.46 bits per heavy atom. The highest BCUT2D eigenvalue weighted by molar-refractivity contribution is 5.38. The van der Waals surface area contributed by atoms with Crippen LogP contribution in [-0.2, 0) is 0 Å². The SMILES string of the molecule is O=c1cc(NCC(O)CO)cn[nH]1. The van der Waals surface area contributed by atoms with Gasteiger partial charge in [0, 0.05) is 12.6 Å². The molecule has 72 valence electrons. The summed E-state index contributed by atoms with van der Waals surface area (Å²) in [5, 5.41) is 26.0. The fourth-order valence-electron chi connectivity index (χ4n) is 0.773. The van der Waals surface area contributed by atoms with Gasteiger partial charge >= 0.3 is 0 Å². The van der Waals surface area contributed by atoms with Gasteiger partial charge in [0.15, 0.2) is 0 Å². The molecule has 6 nitrogen and oxygen atoms in total. The number of hydrogen-bond donors (Lipinski definition) is 4. The van der Waals surface area contributed by atoms with E-state index >= 15 is 0 Å². The van der Waals surface area contributed by atoms with E-state index in [4.69, 9.17) is 10.2 Å². The smallest absolute Gasteiger partial charge is 0.266 e. The van der Waals surface area contributed by atoms with Crippen molar-refractivity contribution in [1.82, 2.24) is 10.2 Å². The van der Waals surface area contributed by atoms with E-state index in [9.17, 15) is 4.79 Å². The molecule has 1 aromatic heterocycles. The van der Waals surface area contributed by atoms with E-state index in [1.165, 1.54) is 12.3 Å². The minimum absolute atomic E-state index is 0.182. The Morgan fingerprint density at radius 3 is 3.08 bits per heavy atom. The van der Waals surface area contributed by atoms with Crippen molar-refractivity contribution in [3.05, 3.63) is 22.6 Å². The number of H-pyrrole nitrogens is 1. The summed E-state index contributed by atoms with van der Waals surface area (Å²) in [7, 11) is 0. The minimum Gasteiger partial charge on any atom is -0.394 e. The average molecular weight is 185 g/mol. The van der Waals surface area contributed by atoms with Crippen LogP contribution >= 0.6 is 0 Å². The first-order valence-electron chi connectivity index (χ1n) is 3.80. The van der Waals surface area contributed by atoms with Crippen LogP contribution < -0.4 is 10.9 Å². The first-order valence-corrected chi connectivity index (χ1v) is 3.80. The molecule has 1 unspecified atom stereocenters. The van der Waals surface area contributed by atoms with E-state index in [2.05, 4.69) is 15.5 Å². The van der Waals surface area contributed by atoms with Gasteiger partial charge in [0.2, 0.25) is 0 Å². The molecule has 0 aromatic carbocycles. The highest BCUT2D eigenvalue weighted by atomic mass is 16.3. The minimum atomic E-state index is -0.834. The molecule has 0 amide bonds. The van der Waals surface area contributed by atoms with Crippen LogP contribution in [0.25, 0.3) is 0 Å². The molecule has 0 aliphatic rings.